The number of carbonyl (C=O) groups excluding carboxylic acids is 2. The number of amides is 2. The molecule has 17 nitrogen and oxygen atoms in total. The van der Waals surface area contributed by atoms with Crippen molar-refractivity contribution in [2.45, 2.75) is 33.5 Å². The Morgan fingerprint density at radius 3 is 1.39 bits per heavy atom. The van der Waals surface area contributed by atoms with Gasteiger partial charge in [0.05, 0.1) is 75.1 Å². The summed E-state index contributed by atoms with van der Waals surface area (Å²) in [7, 11) is 9.52. The van der Waals surface area contributed by atoms with Crippen LogP contribution in [-0.2, 0) is 19.6 Å². The van der Waals surface area contributed by atoms with Gasteiger partial charge in [-0.1, -0.05) is 93.9 Å². The maximum absolute atomic E-state index is 13.4. The van der Waals surface area contributed by atoms with Crippen molar-refractivity contribution in [2.75, 3.05) is 42.7 Å². The smallest absolute Gasteiger partial charge is 0.338 e. The van der Waals surface area contributed by atoms with E-state index in [9.17, 15) is 14.4 Å². The molecule has 0 aliphatic rings. The molecule has 79 heavy (non-hydrogen) atoms. The minimum atomic E-state index is -1.13. The molecule has 0 aliphatic carbocycles. The molecule has 0 spiro atoms. The number of methoxy groups -OCH3 is 6. The quantitative estimate of drug-likeness (QED) is 0.0660. The van der Waals surface area contributed by atoms with E-state index < -0.39 is 5.97 Å². The minimum absolute atomic E-state index is 0.0538. The number of nitrogens with one attached hydrogen (secondary N) is 2. The van der Waals surface area contributed by atoms with Crippen LogP contribution in [0.3, 0.4) is 0 Å². The Labute approximate surface area is 477 Å². The molecule has 0 fully saturated rings. The van der Waals surface area contributed by atoms with Gasteiger partial charge in [0.25, 0.3) is 11.8 Å². The fourth-order valence-electron chi connectivity index (χ4n) is 7.37. The van der Waals surface area contributed by atoms with Gasteiger partial charge in [0.2, 0.25) is 0 Å². The summed E-state index contributed by atoms with van der Waals surface area (Å²) >= 11 is 22.6. The Morgan fingerprint density at radius 2 is 0.949 bits per heavy atom. The van der Waals surface area contributed by atoms with Gasteiger partial charge in [-0.15, -0.1) is 0 Å². The lowest BCUT2D eigenvalue weighted by Gasteiger charge is -2.13. The number of halogens is 4. The number of hydrogen-bond acceptors (Lipinski definition) is 14. The van der Waals surface area contributed by atoms with Crippen molar-refractivity contribution in [3.8, 4) is 56.9 Å². The number of hydrogen-bond donors (Lipinski definition) is 4. The third-order valence-electron chi connectivity index (χ3n) is 11.2. The third-order valence-corrected chi connectivity index (χ3v) is 12.2. The second kappa shape index (κ2) is 30.7. The highest BCUT2D eigenvalue weighted by Crippen LogP contribution is 2.31. The molecule has 8 rings (SSSR count). The van der Waals surface area contributed by atoms with Gasteiger partial charge >= 0.3 is 5.97 Å². The molecule has 2 amide bonds. The van der Waals surface area contributed by atoms with E-state index in [0.29, 0.717) is 58.9 Å². The molecule has 5 N–H and O–H groups in total. The SMILES string of the molecule is COc1ccc(CN)cc1OC.COc1ccc(CNC(=O)c2cc(-c3cc(C)cc(C)c3)cnc2-c2cccnc2)cc1OC.COc1ccc(CNC(=O)c2cc(Cl)cnc2Cl)cc1OC.O=C(O)c1cc(Cl)cnc1Cl. The number of aromatic carboxylic acids is 1. The highest BCUT2D eigenvalue weighted by atomic mass is 35.5. The number of ether oxygens (including phenoxy) is 6. The van der Waals surface area contributed by atoms with E-state index in [4.69, 9.17) is 85.7 Å². The molecule has 0 saturated carbocycles. The lowest BCUT2D eigenvalue weighted by atomic mass is 9.98. The Bertz CT molecular complexity index is 3350. The predicted molar refractivity (Wildman–Crippen MR) is 307 cm³/mol. The van der Waals surface area contributed by atoms with Gasteiger partial charge in [-0.3, -0.25) is 19.6 Å². The maximum atomic E-state index is 13.4. The van der Waals surface area contributed by atoms with Crippen LogP contribution in [0.15, 0.2) is 134 Å². The monoisotopic (exact) mass is 1150 g/mol. The molecule has 4 heterocycles. The molecule has 0 aliphatic heterocycles. The van der Waals surface area contributed by atoms with E-state index in [0.717, 1.165) is 56.0 Å². The van der Waals surface area contributed by atoms with Gasteiger partial charge < -0.3 is 49.9 Å². The highest BCUT2D eigenvalue weighted by Gasteiger charge is 2.18. The number of benzene rings is 4. The second-order valence-electron chi connectivity index (χ2n) is 16.7. The molecule has 412 valence electrons. The Morgan fingerprint density at radius 1 is 0.494 bits per heavy atom. The number of aromatic nitrogens is 4. The molecule has 0 radical (unpaired) electrons. The van der Waals surface area contributed by atoms with Gasteiger partial charge in [-0.2, -0.15) is 0 Å². The maximum Gasteiger partial charge on any atom is 0.338 e. The van der Waals surface area contributed by atoms with Crippen molar-refractivity contribution in [3.05, 3.63) is 199 Å². The first-order valence-corrected chi connectivity index (χ1v) is 25.2. The molecular weight excluding hydrogens is 1100 g/mol. The number of carboxylic acid groups (broad SMARTS) is 1. The molecule has 4 aromatic carbocycles. The summed E-state index contributed by atoms with van der Waals surface area (Å²) in [6.07, 6.45) is 7.89. The summed E-state index contributed by atoms with van der Waals surface area (Å²) in [5, 5.41) is 14.9. The first kappa shape index (κ1) is 61.7. The average Bonchev–Trinajstić information content (AvgIpc) is 3.49. The van der Waals surface area contributed by atoms with Crippen LogP contribution in [0, 0.1) is 13.8 Å². The van der Waals surface area contributed by atoms with Gasteiger partial charge in [-0.05, 0) is 103 Å². The summed E-state index contributed by atoms with van der Waals surface area (Å²) in [5.41, 5.74) is 14.5. The van der Waals surface area contributed by atoms with Crippen molar-refractivity contribution in [1.82, 2.24) is 30.6 Å². The number of carbonyl (C=O) groups is 3. The molecule has 0 bridgehead atoms. The lowest BCUT2D eigenvalue weighted by Crippen LogP contribution is -2.24. The van der Waals surface area contributed by atoms with Crippen LogP contribution in [0.2, 0.25) is 20.4 Å². The average molecular weight is 1150 g/mol. The first-order valence-electron chi connectivity index (χ1n) is 23.7. The normalized spacial score (nSPS) is 10.2. The molecule has 21 heteroatoms. The molecule has 0 atom stereocenters. The number of nitrogens with zero attached hydrogens (tertiary/aromatic N) is 4. The fraction of sp³-hybridized carbons (Fsp3) is 0.190. The van der Waals surface area contributed by atoms with Crippen molar-refractivity contribution < 1.29 is 47.9 Å². The number of pyridine rings is 4. The van der Waals surface area contributed by atoms with E-state index in [1.165, 1.54) is 24.5 Å². The summed E-state index contributed by atoms with van der Waals surface area (Å²) in [6.45, 7) is 5.28. The minimum Gasteiger partial charge on any atom is -0.493 e. The van der Waals surface area contributed by atoms with Crippen LogP contribution in [0.4, 0.5) is 0 Å². The van der Waals surface area contributed by atoms with Crippen molar-refractivity contribution in [2.24, 2.45) is 5.73 Å². The zero-order valence-corrected chi connectivity index (χ0v) is 47.3. The number of nitrogens with two attached hydrogens (primary N) is 1. The Kier molecular flexibility index (Phi) is 23.9. The van der Waals surface area contributed by atoms with Gasteiger partial charge in [0, 0.05) is 61.7 Å². The van der Waals surface area contributed by atoms with E-state index >= 15 is 0 Å². The van der Waals surface area contributed by atoms with E-state index in [-0.39, 0.29) is 38.3 Å². The summed E-state index contributed by atoms with van der Waals surface area (Å²) in [4.78, 5) is 52.2. The van der Waals surface area contributed by atoms with Crippen LogP contribution in [0.1, 0.15) is 58.9 Å². The number of carboxylic acids is 1. The van der Waals surface area contributed by atoms with E-state index in [2.05, 4.69) is 62.6 Å². The van der Waals surface area contributed by atoms with Crippen molar-refractivity contribution >= 4 is 64.2 Å². The van der Waals surface area contributed by atoms with E-state index in [1.807, 2.05) is 66.9 Å². The zero-order valence-electron chi connectivity index (χ0n) is 44.3. The van der Waals surface area contributed by atoms with Crippen LogP contribution in [-0.4, -0.2) is 85.5 Å². The highest BCUT2D eigenvalue weighted by molar-refractivity contribution is 6.35. The first-order chi connectivity index (χ1) is 37.9. The predicted octanol–water partition coefficient (Wildman–Crippen LogP) is 12.0. The molecule has 4 aromatic heterocycles. The zero-order chi connectivity index (χ0) is 57.6. The second-order valence-corrected chi connectivity index (χ2v) is 18.3. The Hall–Kier alpha value is -8.19. The largest absolute Gasteiger partial charge is 0.493 e. The summed E-state index contributed by atoms with van der Waals surface area (Å²) in [5.74, 6) is 2.23. The van der Waals surface area contributed by atoms with Crippen LogP contribution in [0.25, 0.3) is 22.4 Å². The van der Waals surface area contributed by atoms with Crippen LogP contribution < -0.4 is 44.8 Å². The van der Waals surface area contributed by atoms with Crippen molar-refractivity contribution in [1.29, 1.82) is 0 Å². The number of rotatable bonds is 16. The van der Waals surface area contributed by atoms with Crippen molar-refractivity contribution in [3.63, 3.8) is 0 Å². The molecule has 8 aromatic rings. The summed E-state index contributed by atoms with van der Waals surface area (Å²) < 4.78 is 31.2. The molecular formula is C58H57Cl4N7O10. The standard InChI is InChI=1S/C28H27N3O3.C15H14Cl2N2O3.C9H13NO2.C6H3Cl2NO2/c1-18-10-19(2)12-22(11-18)23-14-24(27(30-17-23)21-6-5-9-29-16-21)28(32)31-15-20-7-8-25(33-3)26(13-20)34-4;1-21-12-4-3-9(5-13(12)22-2)7-19-15(20)11-6-10(16)8-18-14(11)17;1-11-8-4-3-7(6-10)5-9(8)12-2;7-3-1-4(6(10)11)5(8)9-2-3/h5-14,16-17H,15H2,1-4H3,(H,31,32);3-6,8H,7H2,1-2H3,(H,19,20);3-5H,6,10H2,1-2H3;1-2H,(H,10,11). The lowest BCUT2D eigenvalue weighted by molar-refractivity contribution is 0.0696. The van der Waals surface area contributed by atoms with Gasteiger partial charge in [0.1, 0.15) is 10.3 Å². The fourth-order valence-corrected chi connectivity index (χ4v) is 8.06. The van der Waals surface area contributed by atoms with Gasteiger partial charge in [0.15, 0.2) is 34.5 Å². The molecule has 0 unspecified atom stereocenters. The summed E-state index contributed by atoms with van der Waals surface area (Å²) in [6, 6.07) is 31.3. The van der Waals surface area contributed by atoms with Gasteiger partial charge in [-0.25, -0.2) is 14.8 Å². The topological polar surface area (TPSA) is 228 Å². The van der Waals surface area contributed by atoms with Crippen LogP contribution >= 0.6 is 46.4 Å². The van der Waals surface area contributed by atoms with Crippen LogP contribution in [0.5, 0.6) is 34.5 Å². The van der Waals surface area contributed by atoms with E-state index in [1.54, 1.807) is 67.2 Å². The number of aryl methyl sites for hydroxylation is 2. The molecule has 0 saturated heterocycles. The third kappa shape index (κ3) is 17.9. The Balaban J connectivity index is 0.000000217.